The fraction of sp³-hybridized carbons (Fsp3) is 0.292. The zero-order valence-electron chi connectivity index (χ0n) is 16.8. The number of nitrogens with zero attached hydrogens (tertiary/aromatic N) is 2. The Labute approximate surface area is 176 Å². The van der Waals surface area contributed by atoms with Crippen LogP contribution in [0.1, 0.15) is 37.7 Å². The molecule has 2 saturated heterocycles. The lowest BCUT2D eigenvalue weighted by molar-refractivity contribution is -0.119. The summed E-state index contributed by atoms with van der Waals surface area (Å²) >= 11 is 0. The fourth-order valence-electron chi connectivity index (χ4n) is 3.87. The molecule has 0 radical (unpaired) electrons. The minimum atomic E-state index is -0.240. The number of carbonyl (C=O) groups is 3. The minimum absolute atomic E-state index is 0.128. The Morgan fingerprint density at radius 1 is 0.833 bits per heavy atom. The first-order chi connectivity index (χ1) is 14.6. The van der Waals surface area contributed by atoms with Crippen molar-refractivity contribution in [2.45, 2.75) is 32.1 Å². The first-order valence-corrected chi connectivity index (χ1v) is 10.4. The molecule has 6 heteroatoms. The molecular formula is C24H25N3O3. The summed E-state index contributed by atoms with van der Waals surface area (Å²) in [4.78, 5) is 39.8. The molecule has 0 saturated carbocycles. The Hall–Kier alpha value is -3.41. The summed E-state index contributed by atoms with van der Waals surface area (Å²) in [5, 5.41) is 2.85. The summed E-state index contributed by atoms with van der Waals surface area (Å²) in [5.74, 6) is 0.0470. The maximum absolute atomic E-state index is 12.3. The minimum Gasteiger partial charge on any atom is -0.322 e. The predicted molar refractivity (Wildman–Crippen MR) is 118 cm³/mol. The van der Waals surface area contributed by atoms with Crippen LogP contribution in [-0.4, -0.2) is 30.8 Å². The average Bonchev–Trinajstić information content (AvgIpc) is 3.19. The Balaban J connectivity index is 1.37. The number of nitrogens with one attached hydrogen (secondary N) is 1. The highest BCUT2D eigenvalue weighted by molar-refractivity contribution is 6.03. The highest BCUT2D eigenvalue weighted by Crippen LogP contribution is 2.24. The van der Waals surface area contributed by atoms with Crippen LogP contribution in [0.25, 0.3) is 6.08 Å². The van der Waals surface area contributed by atoms with Crippen molar-refractivity contribution in [1.82, 2.24) is 0 Å². The first kappa shape index (κ1) is 19.9. The predicted octanol–water partition coefficient (Wildman–Crippen LogP) is 3.98. The third-order valence-corrected chi connectivity index (χ3v) is 5.45. The smallest absolute Gasteiger partial charge is 0.248 e. The van der Waals surface area contributed by atoms with Crippen LogP contribution < -0.4 is 15.1 Å². The van der Waals surface area contributed by atoms with Crippen molar-refractivity contribution >= 4 is 40.9 Å². The maximum atomic E-state index is 12.3. The summed E-state index contributed by atoms with van der Waals surface area (Å²) in [6, 6.07) is 15.0. The Kier molecular flexibility index (Phi) is 5.93. The number of anilines is 3. The largest absolute Gasteiger partial charge is 0.322 e. The highest BCUT2D eigenvalue weighted by Gasteiger charge is 2.21. The van der Waals surface area contributed by atoms with Crippen LogP contribution in [0.5, 0.6) is 0 Å². The molecular weight excluding hydrogens is 378 g/mol. The molecule has 0 spiro atoms. The lowest BCUT2D eigenvalue weighted by Crippen LogP contribution is -2.35. The van der Waals surface area contributed by atoms with E-state index < -0.39 is 0 Å². The summed E-state index contributed by atoms with van der Waals surface area (Å²) in [7, 11) is 0. The molecule has 2 aromatic rings. The average molecular weight is 403 g/mol. The van der Waals surface area contributed by atoms with Crippen molar-refractivity contribution in [3.05, 3.63) is 60.2 Å². The lowest BCUT2D eigenvalue weighted by Gasteiger charge is -2.27. The van der Waals surface area contributed by atoms with E-state index in [0.717, 1.165) is 49.3 Å². The van der Waals surface area contributed by atoms with Crippen molar-refractivity contribution in [3.63, 3.8) is 0 Å². The van der Waals surface area contributed by atoms with Crippen molar-refractivity contribution in [2.24, 2.45) is 0 Å². The number of carbonyl (C=O) groups excluding carboxylic acids is 3. The van der Waals surface area contributed by atoms with Gasteiger partial charge in [-0.05, 0) is 61.2 Å². The molecule has 2 aromatic carbocycles. The van der Waals surface area contributed by atoms with Crippen molar-refractivity contribution < 1.29 is 14.4 Å². The monoisotopic (exact) mass is 403 g/mol. The number of hydrogen-bond acceptors (Lipinski definition) is 3. The van der Waals surface area contributed by atoms with E-state index in [-0.39, 0.29) is 17.7 Å². The Morgan fingerprint density at radius 2 is 1.53 bits per heavy atom. The van der Waals surface area contributed by atoms with Gasteiger partial charge in [0, 0.05) is 49.1 Å². The normalized spacial score (nSPS) is 17.1. The van der Waals surface area contributed by atoms with Crippen LogP contribution in [0.15, 0.2) is 54.6 Å². The second-order valence-corrected chi connectivity index (χ2v) is 7.62. The molecule has 2 heterocycles. The molecule has 2 aliphatic rings. The second kappa shape index (κ2) is 8.95. The summed E-state index contributed by atoms with van der Waals surface area (Å²) in [6.07, 6.45) is 7.23. The number of piperidine rings is 1. The van der Waals surface area contributed by atoms with E-state index in [9.17, 15) is 14.4 Å². The van der Waals surface area contributed by atoms with Gasteiger partial charge in [0.2, 0.25) is 17.7 Å². The molecule has 0 unspecified atom stereocenters. The van der Waals surface area contributed by atoms with Gasteiger partial charge in [-0.1, -0.05) is 18.2 Å². The molecule has 6 nitrogen and oxygen atoms in total. The van der Waals surface area contributed by atoms with Crippen molar-refractivity contribution in [1.29, 1.82) is 0 Å². The summed E-state index contributed by atoms with van der Waals surface area (Å²) in [6.45, 7) is 1.48. The van der Waals surface area contributed by atoms with Gasteiger partial charge in [-0.2, -0.15) is 0 Å². The summed E-state index contributed by atoms with van der Waals surface area (Å²) in [5.41, 5.74) is 3.24. The first-order valence-electron chi connectivity index (χ1n) is 10.4. The molecule has 30 heavy (non-hydrogen) atoms. The topological polar surface area (TPSA) is 69.7 Å². The van der Waals surface area contributed by atoms with Gasteiger partial charge in [0.25, 0.3) is 0 Å². The van der Waals surface area contributed by atoms with Crippen LogP contribution in [0.2, 0.25) is 0 Å². The molecule has 2 aliphatic heterocycles. The van der Waals surface area contributed by atoms with Crippen LogP contribution in [0.3, 0.4) is 0 Å². The standard InChI is InChI=1S/C24H25N3O3/c28-22(14-11-18-9-12-20(13-10-18)26-16-4-8-24(26)30)25-19-5-3-6-21(17-19)27-15-2-1-7-23(27)29/h3,5-6,9-14,17H,1-2,4,7-8,15-16H2,(H,25,28)/b14-11+. The molecule has 0 atom stereocenters. The Bertz CT molecular complexity index is 981. The molecule has 2 fully saturated rings. The van der Waals surface area contributed by atoms with Gasteiger partial charge in [0.05, 0.1) is 0 Å². The molecule has 4 rings (SSSR count). The summed E-state index contributed by atoms with van der Waals surface area (Å²) < 4.78 is 0. The molecule has 0 aliphatic carbocycles. The van der Waals surface area contributed by atoms with E-state index >= 15 is 0 Å². The second-order valence-electron chi connectivity index (χ2n) is 7.62. The lowest BCUT2D eigenvalue weighted by atomic mass is 10.1. The zero-order chi connectivity index (χ0) is 20.9. The molecule has 0 aromatic heterocycles. The van der Waals surface area contributed by atoms with Gasteiger partial charge in [-0.3, -0.25) is 14.4 Å². The SMILES string of the molecule is O=C(/C=C/c1ccc(N2CCCC2=O)cc1)Nc1cccc(N2CCCCC2=O)c1. The number of amides is 3. The number of hydrogen-bond donors (Lipinski definition) is 1. The third-order valence-electron chi connectivity index (χ3n) is 5.45. The number of benzene rings is 2. The van der Waals surface area contributed by atoms with Crippen molar-refractivity contribution in [2.75, 3.05) is 28.2 Å². The van der Waals surface area contributed by atoms with E-state index in [0.29, 0.717) is 18.5 Å². The van der Waals surface area contributed by atoms with E-state index in [1.165, 1.54) is 6.08 Å². The Morgan fingerprint density at radius 3 is 2.27 bits per heavy atom. The highest BCUT2D eigenvalue weighted by atomic mass is 16.2. The van der Waals surface area contributed by atoms with Gasteiger partial charge in [0.1, 0.15) is 0 Å². The van der Waals surface area contributed by atoms with Crippen LogP contribution >= 0.6 is 0 Å². The van der Waals surface area contributed by atoms with Crippen molar-refractivity contribution in [3.8, 4) is 0 Å². The van der Waals surface area contributed by atoms with E-state index in [4.69, 9.17) is 0 Å². The van der Waals surface area contributed by atoms with Gasteiger partial charge in [-0.25, -0.2) is 0 Å². The maximum Gasteiger partial charge on any atom is 0.248 e. The third kappa shape index (κ3) is 4.59. The quantitative estimate of drug-likeness (QED) is 0.768. The molecule has 0 bridgehead atoms. The van der Waals surface area contributed by atoms with Gasteiger partial charge in [0.15, 0.2) is 0 Å². The fourth-order valence-corrected chi connectivity index (χ4v) is 3.87. The molecule has 3 amide bonds. The van der Waals surface area contributed by atoms with Crippen LogP contribution in [0, 0.1) is 0 Å². The van der Waals surface area contributed by atoms with E-state index in [1.807, 2.05) is 48.5 Å². The van der Waals surface area contributed by atoms with Gasteiger partial charge < -0.3 is 15.1 Å². The number of rotatable bonds is 5. The molecule has 1 N–H and O–H groups in total. The van der Waals surface area contributed by atoms with Gasteiger partial charge in [-0.15, -0.1) is 0 Å². The van der Waals surface area contributed by atoms with E-state index in [2.05, 4.69) is 5.32 Å². The van der Waals surface area contributed by atoms with Crippen LogP contribution in [-0.2, 0) is 14.4 Å². The van der Waals surface area contributed by atoms with Crippen LogP contribution in [0.4, 0.5) is 17.1 Å². The molecule has 154 valence electrons. The zero-order valence-corrected chi connectivity index (χ0v) is 16.8. The van der Waals surface area contributed by atoms with Gasteiger partial charge >= 0.3 is 0 Å². The van der Waals surface area contributed by atoms with E-state index in [1.54, 1.807) is 15.9 Å².